The van der Waals surface area contributed by atoms with E-state index in [1.165, 1.54) is 31.5 Å². The van der Waals surface area contributed by atoms with Gasteiger partial charge in [0.15, 0.2) is 0 Å². The Labute approximate surface area is 187 Å². The van der Waals surface area contributed by atoms with Gasteiger partial charge in [0.05, 0.1) is 5.56 Å². The van der Waals surface area contributed by atoms with Crippen LogP contribution in [-0.4, -0.2) is 35.5 Å². The van der Waals surface area contributed by atoms with Crippen LogP contribution < -0.4 is 0 Å². The first-order valence-corrected chi connectivity index (χ1v) is 11.2. The van der Waals surface area contributed by atoms with Crippen molar-refractivity contribution in [3.05, 3.63) is 68.8 Å². The Morgan fingerprint density at radius 2 is 1.93 bits per heavy atom. The number of rotatable bonds is 6. The molecule has 1 aromatic heterocycles. The van der Waals surface area contributed by atoms with Gasteiger partial charge in [-0.15, -0.1) is 0 Å². The summed E-state index contributed by atoms with van der Waals surface area (Å²) in [5.74, 6) is -0.353. The van der Waals surface area contributed by atoms with Gasteiger partial charge < -0.3 is 14.6 Å². The van der Waals surface area contributed by atoms with Crippen LogP contribution in [0.4, 0.5) is 0 Å². The molecule has 2 heterocycles. The largest absolute Gasteiger partial charge is 0.454 e. The molecular formula is C24H26Cl2N2O2. The second-order valence-electron chi connectivity index (χ2n) is 8.02. The van der Waals surface area contributed by atoms with Crippen LogP contribution in [0.3, 0.4) is 0 Å². The number of H-pyrrole nitrogens is 1. The molecule has 158 valence electrons. The van der Waals surface area contributed by atoms with E-state index >= 15 is 0 Å². The van der Waals surface area contributed by atoms with E-state index in [1.807, 2.05) is 13.8 Å². The van der Waals surface area contributed by atoms with Crippen molar-refractivity contribution < 1.29 is 9.53 Å². The molecule has 1 unspecified atom stereocenters. The van der Waals surface area contributed by atoms with Crippen LogP contribution in [0.1, 0.15) is 53.0 Å². The number of halogens is 2. The number of aromatic amines is 1. The van der Waals surface area contributed by atoms with E-state index in [4.69, 9.17) is 27.9 Å². The highest BCUT2D eigenvalue weighted by Gasteiger charge is 2.22. The molecule has 1 fully saturated rings. The smallest absolute Gasteiger partial charge is 0.341 e. The third kappa shape index (κ3) is 4.51. The van der Waals surface area contributed by atoms with Gasteiger partial charge in [-0.1, -0.05) is 35.3 Å². The molecule has 1 aliphatic rings. The number of esters is 1. The average molecular weight is 445 g/mol. The fourth-order valence-corrected chi connectivity index (χ4v) is 4.76. The van der Waals surface area contributed by atoms with Crippen LogP contribution in [0.25, 0.3) is 10.9 Å². The highest BCUT2D eigenvalue weighted by Crippen LogP contribution is 2.31. The van der Waals surface area contributed by atoms with Crippen LogP contribution in [0.5, 0.6) is 0 Å². The van der Waals surface area contributed by atoms with Gasteiger partial charge in [0.1, 0.15) is 6.10 Å². The van der Waals surface area contributed by atoms with Gasteiger partial charge in [-0.2, -0.15) is 0 Å². The fraction of sp³-hybridized carbons (Fsp3) is 0.375. The van der Waals surface area contributed by atoms with Crippen molar-refractivity contribution in [1.82, 2.24) is 9.88 Å². The maximum absolute atomic E-state index is 13.1. The lowest BCUT2D eigenvalue weighted by atomic mass is 10.1. The number of fused-ring (bicyclic) bond motifs is 1. The number of hydrogen-bond donors (Lipinski definition) is 1. The van der Waals surface area contributed by atoms with Crippen LogP contribution >= 0.6 is 23.2 Å². The molecule has 0 aliphatic carbocycles. The van der Waals surface area contributed by atoms with Gasteiger partial charge >= 0.3 is 5.97 Å². The Bertz CT molecular complexity index is 1070. The van der Waals surface area contributed by atoms with E-state index < -0.39 is 6.10 Å². The number of likely N-dealkylation sites (tertiary alicyclic amines) is 1. The minimum absolute atomic E-state index is 0.353. The predicted octanol–water partition coefficient (Wildman–Crippen LogP) is 6.34. The molecule has 3 aromatic rings. The number of nitrogens with zero attached hydrogens (tertiary/aromatic N) is 1. The lowest BCUT2D eigenvalue weighted by Crippen LogP contribution is -2.21. The van der Waals surface area contributed by atoms with Crippen molar-refractivity contribution in [3.63, 3.8) is 0 Å². The first-order valence-electron chi connectivity index (χ1n) is 10.4. The maximum Gasteiger partial charge on any atom is 0.341 e. The molecule has 0 amide bonds. The summed E-state index contributed by atoms with van der Waals surface area (Å²) >= 11 is 12.3. The molecule has 4 nitrogen and oxygen atoms in total. The van der Waals surface area contributed by atoms with E-state index in [-0.39, 0.29) is 5.97 Å². The standard InChI is InChI=1S/C24H26Cl2N2O2/c1-15-23(24(29)30-16(2)19-7-6-18(25)14-21(19)26)20-13-17(5-8-22(20)27-15)9-12-28-10-3-4-11-28/h5-8,13-14,16,27H,3-4,9-12H2,1-2H3. The summed E-state index contributed by atoms with van der Waals surface area (Å²) in [6.07, 6.45) is 3.08. The summed E-state index contributed by atoms with van der Waals surface area (Å²) in [5.41, 5.74) is 4.31. The highest BCUT2D eigenvalue weighted by molar-refractivity contribution is 6.35. The molecule has 6 heteroatoms. The first kappa shape index (κ1) is 21.2. The van der Waals surface area contributed by atoms with Gasteiger partial charge in [-0.3, -0.25) is 0 Å². The lowest BCUT2D eigenvalue weighted by Gasteiger charge is -2.16. The summed E-state index contributed by atoms with van der Waals surface area (Å²) in [6, 6.07) is 11.5. The second-order valence-corrected chi connectivity index (χ2v) is 8.86. The Kier molecular flexibility index (Phi) is 6.37. The van der Waals surface area contributed by atoms with Gasteiger partial charge in [0.2, 0.25) is 0 Å². The Morgan fingerprint density at radius 1 is 1.17 bits per heavy atom. The number of benzene rings is 2. The van der Waals surface area contributed by atoms with Crippen molar-refractivity contribution in [1.29, 1.82) is 0 Å². The molecule has 0 radical (unpaired) electrons. The third-order valence-electron chi connectivity index (χ3n) is 5.85. The molecule has 30 heavy (non-hydrogen) atoms. The third-order valence-corrected chi connectivity index (χ3v) is 6.42. The molecule has 1 N–H and O–H groups in total. The Morgan fingerprint density at radius 3 is 2.67 bits per heavy atom. The summed E-state index contributed by atoms with van der Waals surface area (Å²) in [6.45, 7) is 7.16. The number of hydrogen-bond acceptors (Lipinski definition) is 3. The van der Waals surface area contributed by atoms with Crippen molar-refractivity contribution in [2.45, 2.75) is 39.2 Å². The average Bonchev–Trinajstić information content (AvgIpc) is 3.32. The Hall–Kier alpha value is -2.01. The molecule has 1 aliphatic heterocycles. The van der Waals surface area contributed by atoms with E-state index in [0.717, 1.165) is 35.1 Å². The number of nitrogens with one attached hydrogen (secondary N) is 1. The van der Waals surface area contributed by atoms with Crippen molar-refractivity contribution in [3.8, 4) is 0 Å². The molecule has 2 aromatic carbocycles. The Balaban J connectivity index is 1.55. The lowest BCUT2D eigenvalue weighted by molar-refractivity contribution is 0.0340. The maximum atomic E-state index is 13.1. The quantitative estimate of drug-likeness (QED) is 0.451. The normalized spacial score (nSPS) is 15.6. The topological polar surface area (TPSA) is 45.3 Å². The van der Waals surface area contributed by atoms with E-state index in [9.17, 15) is 4.79 Å². The summed E-state index contributed by atoms with van der Waals surface area (Å²) in [5, 5.41) is 1.95. The summed E-state index contributed by atoms with van der Waals surface area (Å²) in [7, 11) is 0. The molecule has 0 saturated carbocycles. The number of carbonyl (C=O) groups is 1. The zero-order valence-corrected chi connectivity index (χ0v) is 18.8. The molecule has 4 rings (SSSR count). The van der Waals surface area contributed by atoms with Crippen molar-refractivity contribution in [2.24, 2.45) is 0 Å². The van der Waals surface area contributed by atoms with Gasteiger partial charge in [-0.05, 0) is 76.0 Å². The van der Waals surface area contributed by atoms with E-state index in [2.05, 4.69) is 28.1 Å². The fourth-order valence-electron chi connectivity index (χ4n) is 4.20. The van der Waals surface area contributed by atoms with Gasteiger partial charge in [0.25, 0.3) is 0 Å². The van der Waals surface area contributed by atoms with Crippen LogP contribution in [0.2, 0.25) is 10.0 Å². The number of carbonyl (C=O) groups excluding carboxylic acids is 1. The zero-order valence-electron chi connectivity index (χ0n) is 17.3. The summed E-state index contributed by atoms with van der Waals surface area (Å²) in [4.78, 5) is 18.9. The summed E-state index contributed by atoms with van der Waals surface area (Å²) < 4.78 is 5.78. The van der Waals surface area contributed by atoms with E-state index in [0.29, 0.717) is 15.6 Å². The molecule has 1 saturated heterocycles. The van der Waals surface area contributed by atoms with Crippen molar-refractivity contribution >= 4 is 40.1 Å². The van der Waals surface area contributed by atoms with Gasteiger partial charge in [0, 0.05) is 38.8 Å². The van der Waals surface area contributed by atoms with Crippen LogP contribution in [-0.2, 0) is 11.2 Å². The SMILES string of the molecule is Cc1[nH]c2ccc(CCN3CCCC3)cc2c1C(=O)OC(C)c1ccc(Cl)cc1Cl. The minimum Gasteiger partial charge on any atom is -0.454 e. The van der Waals surface area contributed by atoms with Crippen LogP contribution in [0, 0.1) is 6.92 Å². The second kappa shape index (κ2) is 9.01. The van der Waals surface area contributed by atoms with Gasteiger partial charge in [-0.25, -0.2) is 4.79 Å². The number of ether oxygens (including phenoxy) is 1. The number of aryl methyl sites for hydroxylation is 1. The molecule has 1 atom stereocenters. The number of aromatic nitrogens is 1. The first-order chi connectivity index (χ1) is 14.4. The molecule has 0 bridgehead atoms. The van der Waals surface area contributed by atoms with Crippen molar-refractivity contribution in [2.75, 3.05) is 19.6 Å². The minimum atomic E-state index is -0.482. The predicted molar refractivity (Wildman–Crippen MR) is 123 cm³/mol. The molecule has 0 spiro atoms. The van der Waals surface area contributed by atoms with Crippen LogP contribution in [0.15, 0.2) is 36.4 Å². The zero-order chi connectivity index (χ0) is 21.3. The van der Waals surface area contributed by atoms with E-state index in [1.54, 1.807) is 18.2 Å². The monoisotopic (exact) mass is 444 g/mol. The molecular weight excluding hydrogens is 419 g/mol. The highest BCUT2D eigenvalue weighted by atomic mass is 35.5.